The van der Waals surface area contributed by atoms with E-state index < -0.39 is 0 Å². The highest BCUT2D eigenvalue weighted by molar-refractivity contribution is 14.0. The predicted octanol–water partition coefficient (Wildman–Crippen LogP) is 3.06. The average Bonchev–Trinajstić information content (AvgIpc) is 3.31. The predicted molar refractivity (Wildman–Crippen MR) is 123 cm³/mol. The lowest BCUT2D eigenvalue weighted by atomic mass is 9.94. The molecule has 27 heavy (non-hydrogen) atoms. The third-order valence-electron chi connectivity index (χ3n) is 6.06. The van der Waals surface area contributed by atoms with Gasteiger partial charge in [0.1, 0.15) is 0 Å². The van der Waals surface area contributed by atoms with Crippen molar-refractivity contribution in [2.24, 2.45) is 12.0 Å². The van der Waals surface area contributed by atoms with Gasteiger partial charge in [0.2, 0.25) is 0 Å². The van der Waals surface area contributed by atoms with Gasteiger partial charge in [-0.1, -0.05) is 19.3 Å². The number of guanidine groups is 1. The zero-order valence-corrected chi connectivity index (χ0v) is 19.6. The van der Waals surface area contributed by atoms with Gasteiger partial charge in [-0.05, 0) is 44.8 Å². The van der Waals surface area contributed by atoms with Crippen molar-refractivity contribution in [2.75, 3.05) is 40.3 Å². The van der Waals surface area contributed by atoms with Crippen LogP contribution in [0.25, 0.3) is 0 Å². The molecule has 7 heteroatoms. The summed E-state index contributed by atoms with van der Waals surface area (Å²) in [4.78, 5) is 9.47. The van der Waals surface area contributed by atoms with Crippen molar-refractivity contribution >= 4 is 29.9 Å². The summed E-state index contributed by atoms with van der Waals surface area (Å²) >= 11 is 0. The third-order valence-corrected chi connectivity index (χ3v) is 6.06. The van der Waals surface area contributed by atoms with Crippen LogP contribution in [0, 0.1) is 0 Å². The Morgan fingerprint density at radius 3 is 2.74 bits per heavy atom. The number of aromatic nitrogens is 2. The Balaban J connectivity index is 0.00000261. The summed E-state index contributed by atoms with van der Waals surface area (Å²) in [5.74, 6) is 1.62. The summed E-state index contributed by atoms with van der Waals surface area (Å²) in [7, 11) is 6.18. The van der Waals surface area contributed by atoms with Crippen LogP contribution in [-0.2, 0) is 7.05 Å². The first kappa shape index (κ1) is 22.5. The fourth-order valence-corrected chi connectivity index (χ4v) is 4.44. The Hall–Kier alpha value is -0.830. The van der Waals surface area contributed by atoms with Crippen molar-refractivity contribution in [3.63, 3.8) is 0 Å². The van der Waals surface area contributed by atoms with Crippen LogP contribution in [0.15, 0.2) is 17.4 Å². The van der Waals surface area contributed by atoms with E-state index >= 15 is 0 Å². The first-order valence-electron chi connectivity index (χ1n) is 10.3. The van der Waals surface area contributed by atoms with E-state index in [0.717, 1.165) is 31.6 Å². The lowest BCUT2D eigenvalue weighted by Crippen LogP contribution is -2.41. The number of hydrogen-bond donors (Lipinski definition) is 1. The van der Waals surface area contributed by atoms with Crippen molar-refractivity contribution in [1.82, 2.24) is 24.9 Å². The molecule has 6 nitrogen and oxygen atoms in total. The second-order valence-corrected chi connectivity index (χ2v) is 7.98. The van der Waals surface area contributed by atoms with Crippen molar-refractivity contribution in [3.05, 3.63) is 18.0 Å². The number of halogens is 1. The smallest absolute Gasteiger partial charge is 0.193 e. The Kier molecular flexibility index (Phi) is 9.35. The second-order valence-electron chi connectivity index (χ2n) is 7.98. The molecule has 0 radical (unpaired) electrons. The van der Waals surface area contributed by atoms with Crippen LogP contribution < -0.4 is 5.32 Å². The number of nitrogens with one attached hydrogen (secondary N) is 1. The van der Waals surface area contributed by atoms with Crippen LogP contribution in [-0.4, -0.2) is 71.9 Å². The molecular weight excluding hydrogens is 451 g/mol. The van der Waals surface area contributed by atoms with E-state index in [1.165, 1.54) is 57.1 Å². The van der Waals surface area contributed by atoms with E-state index in [1.54, 1.807) is 0 Å². The average molecular weight is 488 g/mol. The Morgan fingerprint density at radius 2 is 2.07 bits per heavy atom. The Labute approximate surface area is 181 Å². The van der Waals surface area contributed by atoms with Crippen molar-refractivity contribution in [2.45, 2.75) is 56.9 Å². The van der Waals surface area contributed by atoms with Gasteiger partial charge in [-0.15, -0.1) is 24.0 Å². The van der Waals surface area contributed by atoms with Gasteiger partial charge < -0.3 is 15.1 Å². The quantitative estimate of drug-likeness (QED) is 0.290. The maximum Gasteiger partial charge on any atom is 0.193 e. The van der Waals surface area contributed by atoms with Gasteiger partial charge in [0.25, 0.3) is 0 Å². The monoisotopic (exact) mass is 488 g/mol. The molecule has 1 aliphatic carbocycles. The number of nitrogens with zero attached hydrogens (tertiary/aromatic N) is 5. The van der Waals surface area contributed by atoms with E-state index in [1.807, 2.05) is 25.0 Å². The van der Waals surface area contributed by atoms with E-state index in [2.05, 4.69) is 38.5 Å². The minimum absolute atomic E-state index is 0. The van der Waals surface area contributed by atoms with Gasteiger partial charge in [0.15, 0.2) is 5.96 Å². The minimum Gasteiger partial charge on any atom is -0.356 e. The number of hydrogen-bond acceptors (Lipinski definition) is 3. The molecule has 0 amide bonds. The molecule has 1 atom stereocenters. The third kappa shape index (κ3) is 6.34. The van der Waals surface area contributed by atoms with Crippen LogP contribution in [0.2, 0.25) is 0 Å². The van der Waals surface area contributed by atoms with Crippen molar-refractivity contribution in [3.8, 4) is 0 Å². The summed E-state index contributed by atoms with van der Waals surface area (Å²) in [5.41, 5.74) is 1.35. The molecule has 1 saturated heterocycles. The van der Waals surface area contributed by atoms with Gasteiger partial charge in [-0.3, -0.25) is 9.67 Å². The van der Waals surface area contributed by atoms with Crippen LogP contribution in [0.1, 0.15) is 56.4 Å². The summed E-state index contributed by atoms with van der Waals surface area (Å²) in [6, 6.07) is 0.807. The number of rotatable bonds is 6. The van der Waals surface area contributed by atoms with Gasteiger partial charge >= 0.3 is 0 Å². The van der Waals surface area contributed by atoms with Crippen LogP contribution >= 0.6 is 24.0 Å². The molecule has 154 valence electrons. The molecule has 2 aliphatic rings. The molecule has 2 fully saturated rings. The SMILES string of the molecule is CN=C(NCCCN(C)C1CCCCC1)N1CCC(c2cnn(C)c2)C1.I. The van der Waals surface area contributed by atoms with Gasteiger partial charge in [0.05, 0.1) is 6.20 Å². The summed E-state index contributed by atoms with van der Waals surface area (Å²) in [5, 5.41) is 7.89. The largest absolute Gasteiger partial charge is 0.356 e. The van der Waals surface area contributed by atoms with E-state index in [9.17, 15) is 0 Å². The van der Waals surface area contributed by atoms with E-state index in [-0.39, 0.29) is 24.0 Å². The fraction of sp³-hybridized carbons (Fsp3) is 0.800. The van der Waals surface area contributed by atoms with Crippen molar-refractivity contribution < 1.29 is 0 Å². The summed E-state index contributed by atoms with van der Waals surface area (Å²) in [6.07, 6.45) is 13.5. The van der Waals surface area contributed by atoms with E-state index in [4.69, 9.17) is 0 Å². The Bertz CT molecular complexity index is 581. The summed E-state index contributed by atoms with van der Waals surface area (Å²) < 4.78 is 1.90. The number of likely N-dealkylation sites (tertiary alicyclic amines) is 1. The highest BCUT2D eigenvalue weighted by atomic mass is 127. The first-order valence-corrected chi connectivity index (χ1v) is 10.3. The van der Waals surface area contributed by atoms with E-state index in [0.29, 0.717) is 5.92 Å². The molecule has 1 aromatic heterocycles. The van der Waals surface area contributed by atoms with Crippen LogP contribution in [0.4, 0.5) is 0 Å². The molecule has 1 aromatic rings. The lowest BCUT2D eigenvalue weighted by molar-refractivity contribution is 0.190. The van der Waals surface area contributed by atoms with Gasteiger partial charge in [-0.25, -0.2) is 0 Å². The molecule has 3 rings (SSSR count). The minimum atomic E-state index is 0. The number of aliphatic imine (C=N–C) groups is 1. The highest BCUT2D eigenvalue weighted by Crippen LogP contribution is 2.26. The molecule has 0 aromatic carbocycles. The summed E-state index contributed by atoms with van der Waals surface area (Å²) in [6.45, 7) is 4.28. The standard InChI is InChI=1S/C20H36N6.HI/c1-21-20(22-11-7-12-24(2)19-8-5-4-6-9-19)26-13-10-17(16-26)18-14-23-25(3)15-18;/h14-15,17,19H,4-13,16H2,1-3H3,(H,21,22);1H. The second kappa shape index (κ2) is 11.2. The maximum absolute atomic E-state index is 4.51. The fourth-order valence-electron chi connectivity index (χ4n) is 4.44. The first-order chi connectivity index (χ1) is 12.7. The topological polar surface area (TPSA) is 48.7 Å². The lowest BCUT2D eigenvalue weighted by Gasteiger charge is -2.31. The molecule has 1 N–H and O–H groups in total. The maximum atomic E-state index is 4.51. The van der Waals surface area contributed by atoms with Crippen molar-refractivity contribution in [1.29, 1.82) is 0 Å². The molecular formula is C20H37IN6. The molecule has 1 unspecified atom stereocenters. The molecule has 0 spiro atoms. The number of aryl methyl sites for hydroxylation is 1. The van der Waals surface area contributed by atoms with Gasteiger partial charge in [0, 0.05) is 51.9 Å². The molecule has 0 bridgehead atoms. The molecule has 1 saturated carbocycles. The molecule has 2 heterocycles. The van der Waals surface area contributed by atoms with Crippen LogP contribution in [0.3, 0.4) is 0 Å². The Morgan fingerprint density at radius 1 is 1.30 bits per heavy atom. The normalized spacial score (nSPS) is 21.6. The van der Waals surface area contributed by atoms with Crippen LogP contribution in [0.5, 0.6) is 0 Å². The molecule has 1 aliphatic heterocycles. The van der Waals surface area contributed by atoms with Gasteiger partial charge in [-0.2, -0.15) is 5.10 Å². The zero-order chi connectivity index (χ0) is 18.4. The zero-order valence-electron chi connectivity index (χ0n) is 17.2. The highest BCUT2D eigenvalue weighted by Gasteiger charge is 2.26.